The summed E-state index contributed by atoms with van der Waals surface area (Å²) in [5.74, 6) is -0.439. The van der Waals surface area contributed by atoms with Crippen LogP contribution >= 0.6 is 0 Å². The SMILES string of the molecule is C=C(CC)C(=O)OCc1ccc([N+](=O)[O-])cc1. The summed E-state index contributed by atoms with van der Waals surface area (Å²) >= 11 is 0. The fourth-order valence-electron chi connectivity index (χ4n) is 1.11. The van der Waals surface area contributed by atoms with Crippen molar-refractivity contribution in [1.29, 1.82) is 0 Å². The maximum atomic E-state index is 11.3. The Morgan fingerprint density at radius 3 is 2.47 bits per heavy atom. The molecule has 0 aromatic heterocycles. The van der Waals surface area contributed by atoms with Crippen molar-refractivity contribution in [3.05, 3.63) is 52.1 Å². The maximum absolute atomic E-state index is 11.3. The molecule has 0 aliphatic rings. The van der Waals surface area contributed by atoms with E-state index >= 15 is 0 Å². The van der Waals surface area contributed by atoms with Crippen LogP contribution in [0.1, 0.15) is 18.9 Å². The van der Waals surface area contributed by atoms with E-state index in [0.717, 1.165) is 0 Å². The van der Waals surface area contributed by atoms with Crippen LogP contribution in [0.4, 0.5) is 5.69 Å². The molecule has 0 aliphatic carbocycles. The van der Waals surface area contributed by atoms with Crippen LogP contribution in [0.5, 0.6) is 0 Å². The van der Waals surface area contributed by atoms with Gasteiger partial charge in [0, 0.05) is 17.7 Å². The minimum Gasteiger partial charge on any atom is -0.457 e. The largest absolute Gasteiger partial charge is 0.457 e. The predicted molar refractivity (Wildman–Crippen MR) is 62.3 cm³/mol. The van der Waals surface area contributed by atoms with E-state index in [0.29, 0.717) is 17.6 Å². The lowest BCUT2D eigenvalue weighted by Gasteiger charge is -2.05. The summed E-state index contributed by atoms with van der Waals surface area (Å²) in [5, 5.41) is 10.4. The molecule has 1 aromatic rings. The van der Waals surface area contributed by atoms with Crippen molar-refractivity contribution in [2.24, 2.45) is 0 Å². The molecule has 0 atom stereocenters. The highest BCUT2D eigenvalue weighted by molar-refractivity contribution is 5.87. The molecule has 0 radical (unpaired) electrons. The third kappa shape index (κ3) is 3.71. The van der Waals surface area contributed by atoms with E-state index in [9.17, 15) is 14.9 Å². The third-order valence-electron chi connectivity index (χ3n) is 2.23. The molecule has 90 valence electrons. The predicted octanol–water partition coefficient (Wildman–Crippen LogP) is 2.60. The number of benzene rings is 1. The Hall–Kier alpha value is -2.17. The van der Waals surface area contributed by atoms with Crippen LogP contribution in [-0.2, 0) is 16.1 Å². The Morgan fingerprint density at radius 2 is 2.00 bits per heavy atom. The number of ether oxygens (including phenoxy) is 1. The Morgan fingerprint density at radius 1 is 1.41 bits per heavy atom. The topological polar surface area (TPSA) is 69.4 Å². The van der Waals surface area contributed by atoms with Gasteiger partial charge in [0.15, 0.2) is 0 Å². The van der Waals surface area contributed by atoms with E-state index in [1.165, 1.54) is 12.1 Å². The van der Waals surface area contributed by atoms with Gasteiger partial charge in [-0.05, 0) is 24.1 Å². The third-order valence-corrected chi connectivity index (χ3v) is 2.23. The standard InChI is InChI=1S/C12H13NO4/c1-3-9(2)12(14)17-8-10-4-6-11(7-5-10)13(15)16/h4-7H,2-3,8H2,1H3. The molecule has 1 rings (SSSR count). The Kier molecular flexibility index (Phi) is 4.39. The summed E-state index contributed by atoms with van der Waals surface area (Å²) < 4.78 is 4.97. The smallest absolute Gasteiger partial charge is 0.333 e. The number of carbonyl (C=O) groups excluding carboxylic acids is 1. The first-order chi connectivity index (χ1) is 8.04. The number of hydrogen-bond acceptors (Lipinski definition) is 4. The fraction of sp³-hybridized carbons (Fsp3) is 0.250. The van der Waals surface area contributed by atoms with Crippen molar-refractivity contribution in [1.82, 2.24) is 0 Å². The lowest BCUT2D eigenvalue weighted by atomic mass is 10.2. The highest BCUT2D eigenvalue weighted by atomic mass is 16.6. The van der Waals surface area contributed by atoms with Crippen LogP contribution in [0.15, 0.2) is 36.4 Å². The van der Waals surface area contributed by atoms with Crippen molar-refractivity contribution >= 4 is 11.7 Å². The average molecular weight is 235 g/mol. The Labute approximate surface area is 98.9 Å². The Balaban J connectivity index is 2.56. The molecule has 0 aliphatic heterocycles. The molecule has 1 aromatic carbocycles. The van der Waals surface area contributed by atoms with Crippen LogP contribution < -0.4 is 0 Å². The monoisotopic (exact) mass is 235 g/mol. The number of nitro benzene ring substituents is 1. The second-order valence-corrected chi connectivity index (χ2v) is 3.46. The lowest BCUT2D eigenvalue weighted by Crippen LogP contribution is -2.06. The van der Waals surface area contributed by atoms with E-state index in [4.69, 9.17) is 4.74 Å². The molecule has 0 unspecified atom stereocenters. The van der Waals surface area contributed by atoms with Gasteiger partial charge in [0.2, 0.25) is 0 Å². The van der Waals surface area contributed by atoms with Crippen LogP contribution in [0.25, 0.3) is 0 Å². The number of nitrogens with zero attached hydrogens (tertiary/aromatic N) is 1. The second kappa shape index (κ2) is 5.79. The van der Waals surface area contributed by atoms with Crippen LogP contribution in [0.3, 0.4) is 0 Å². The highest BCUT2D eigenvalue weighted by Crippen LogP contribution is 2.13. The average Bonchev–Trinajstić information content (AvgIpc) is 2.35. The molecule has 5 nitrogen and oxygen atoms in total. The van der Waals surface area contributed by atoms with Gasteiger partial charge in [-0.2, -0.15) is 0 Å². The second-order valence-electron chi connectivity index (χ2n) is 3.46. The van der Waals surface area contributed by atoms with E-state index in [-0.39, 0.29) is 12.3 Å². The summed E-state index contributed by atoms with van der Waals surface area (Å²) in [5.41, 5.74) is 1.12. The molecule has 0 saturated heterocycles. The number of esters is 1. The molecular formula is C12H13NO4. The molecule has 0 saturated carbocycles. The zero-order valence-electron chi connectivity index (χ0n) is 9.51. The van der Waals surface area contributed by atoms with Gasteiger partial charge >= 0.3 is 5.97 Å². The summed E-state index contributed by atoms with van der Waals surface area (Å²) in [7, 11) is 0. The number of nitro groups is 1. The van der Waals surface area contributed by atoms with Gasteiger partial charge in [-0.1, -0.05) is 13.5 Å². The van der Waals surface area contributed by atoms with E-state index < -0.39 is 10.9 Å². The quantitative estimate of drug-likeness (QED) is 0.340. The van der Waals surface area contributed by atoms with Gasteiger partial charge in [-0.15, -0.1) is 0 Å². The first-order valence-electron chi connectivity index (χ1n) is 5.12. The molecule has 0 bridgehead atoms. The van der Waals surface area contributed by atoms with Gasteiger partial charge in [0.05, 0.1) is 4.92 Å². The zero-order valence-corrected chi connectivity index (χ0v) is 9.51. The van der Waals surface area contributed by atoms with Crippen molar-refractivity contribution < 1.29 is 14.5 Å². The van der Waals surface area contributed by atoms with Gasteiger partial charge in [0.1, 0.15) is 6.61 Å². The van der Waals surface area contributed by atoms with Crippen LogP contribution in [0, 0.1) is 10.1 Å². The number of non-ortho nitro benzene ring substituents is 1. The molecule has 17 heavy (non-hydrogen) atoms. The van der Waals surface area contributed by atoms with Gasteiger partial charge in [0.25, 0.3) is 5.69 Å². The molecular weight excluding hydrogens is 222 g/mol. The summed E-state index contributed by atoms with van der Waals surface area (Å²) in [6.45, 7) is 5.47. The molecule has 0 heterocycles. The Bertz CT molecular complexity index is 436. The maximum Gasteiger partial charge on any atom is 0.333 e. The van der Waals surface area contributed by atoms with Gasteiger partial charge in [-0.25, -0.2) is 4.79 Å². The fourth-order valence-corrected chi connectivity index (χ4v) is 1.11. The molecule has 0 fully saturated rings. The van der Waals surface area contributed by atoms with Crippen LogP contribution in [-0.4, -0.2) is 10.9 Å². The normalized spacial score (nSPS) is 9.71. The molecule has 5 heteroatoms. The molecule has 0 N–H and O–H groups in total. The van der Waals surface area contributed by atoms with Crippen molar-refractivity contribution in [2.75, 3.05) is 0 Å². The number of carbonyl (C=O) groups is 1. The number of hydrogen-bond donors (Lipinski definition) is 0. The van der Waals surface area contributed by atoms with E-state index in [1.807, 2.05) is 6.92 Å². The summed E-state index contributed by atoms with van der Waals surface area (Å²) in [6.07, 6.45) is 0.541. The first kappa shape index (κ1) is 12.9. The van der Waals surface area contributed by atoms with Gasteiger partial charge < -0.3 is 4.74 Å². The minimum atomic E-state index is -0.477. The molecule has 0 spiro atoms. The molecule has 0 amide bonds. The van der Waals surface area contributed by atoms with Crippen molar-refractivity contribution in [3.63, 3.8) is 0 Å². The van der Waals surface area contributed by atoms with Crippen molar-refractivity contribution in [3.8, 4) is 0 Å². The summed E-state index contributed by atoms with van der Waals surface area (Å²) in [4.78, 5) is 21.2. The minimum absolute atomic E-state index is 0.0121. The van der Waals surface area contributed by atoms with Crippen LogP contribution in [0.2, 0.25) is 0 Å². The first-order valence-corrected chi connectivity index (χ1v) is 5.12. The highest BCUT2D eigenvalue weighted by Gasteiger charge is 2.08. The zero-order chi connectivity index (χ0) is 12.8. The van der Waals surface area contributed by atoms with E-state index in [1.54, 1.807) is 12.1 Å². The number of rotatable bonds is 5. The van der Waals surface area contributed by atoms with E-state index in [2.05, 4.69) is 6.58 Å². The lowest BCUT2D eigenvalue weighted by molar-refractivity contribution is -0.384. The van der Waals surface area contributed by atoms with Crippen molar-refractivity contribution in [2.45, 2.75) is 20.0 Å². The van der Waals surface area contributed by atoms with Gasteiger partial charge in [-0.3, -0.25) is 10.1 Å². The summed E-state index contributed by atoms with van der Waals surface area (Å²) in [6, 6.07) is 5.86.